The van der Waals surface area contributed by atoms with Crippen molar-refractivity contribution in [2.75, 3.05) is 36.9 Å². The Bertz CT molecular complexity index is 1220. The average Bonchev–Trinajstić information content (AvgIpc) is 3.47. The zero-order chi connectivity index (χ0) is 24.4. The molecule has 4 N–H and O–H groups in total. The van der Waals surface area contributed by atoms with Gasteiger partial charge in [0.2, 0.25) is 17.5 Å². The molecular weight excluding hydrogens is 467 g/mol. The fraction of sp³-hybridized carbons (Fsp3) is 0.286. The Labute approximate surface area is 197 Å². The molecule has 0 bridgehead atoms. The Morgan fingerprint density at radius 3 is 2.53 bits per heavy atom. The Balaban J connectivity index is 1.62. The normalized spacial score (nSPS) is 14.6. The molecule has 11 nitrogen and oxygen atoms in total. The number of amides is 2. The van der Waals surface area contributed by atoms with Crippen LogP contribution in [-0.2, 0) is 9.53 Å². The van der Waals surface area contributed by atoms with Crippen molar-refractivity contribution in [1.29, 1.82) is 0 Å². The molecule has 0 spiro atoms. The number of ketones is 1. The molecule has 13 heteroatoms. The first-order valence-corrected chi connectivity index (χ1v) is 11.1. The van der Waals surface area contributed by atoms with Crippen LogP contribution in [0.25, 0.3) is 0 Å². The Morgan fingerprint density at radius 1 is 1.21 bits per heavy atom. The van der Waals surface area contributed by atoms with Crippen LogP contribution >= 0.6 is 11.3 Å². The highest BCUT2D eigenvalue weighted by Crippen LogP contribution is 2.36. The Morgan fingerprint density at radius 2 is 1.88 bits per heavy atom. The molecule has 2 amide bonds. The zero-order valence-electron chi connectivity index (χ0n) is 18.1. The van der Waals surface area contributed by atoms with Gasteiger partial charge in [-0.25, -0.2) is 9.37 Å². The van der Waals surface area contributed by atoms with Gasteiger partial charge in [-0.1, -0.05) is 16.5 Å². The van der Waals surface area contributed by atoms with E-state index in [1.807, 2.05) is 0 Å². The molecule has 1 saturated heterocycles. The first-order valence-electron chi connectivity index (χ1n) is 10.2. The highest BCUT2D eigenvalue weighted by Gasteiger charge is 2.30. The average molecular weight is 489 g/mol. The fourth-order valence-corrected chi connectivity index (χ4v) is 4.37. The molecule has 3 aromatic rings. The van der Waals surface area contributed by atoms with Gasteiger partial charge in [0.15, 0.2) is 10.8 Å². The number of carbonyl (C=O) groups excluding carboxylic acids is 3. The van der Waals surface area contributed by atoms with Gasteiger partial charge in [-0.15, -0.1) is 0 Å². The molecule has 1 aliphatic heterocycles. The number of rotatable bonds is 7. The van der Waals surface area contributed by atoms with Gasteiger partial charge in [0, 0.05) is 24.8 Å². The van der Waals surface area contributed by atoms with Crippen LogP contribution in [0.5, 0.6) is 0 Å². The molecule has 0 aliphatic carbocycles. The van der Waals surface area contributed by atoms with Crippen LogP contribution in [0.4, 0.5) is 21.0 Å². The standard InChI is InChI=1S/C21H21FN6O5S/c1-11(19(24)30)28(13-4-2-12(22)3-5-13)21-25-18(23)17(34-21)16(29)15-10-14(26-33-15)20(31)27-6-8-32-9-7-27/h2-5,10-11H,6-9,23H2,1H3,(H2,24,30)/t11-/m1/s1. The molecule has 2 aromatic heterocycles. The van der Waals surface area contributed by atoms with E-state index in [2.05, 4.69) is 10.1 Å². The highest BCUT2D eigenvalue weighted by molar-refractivity contribution is 7.18. The minimum Gasteiger partial charge on any atom is -0.382 e. The number of carbonyl (C=O) groups is 3. The van der Waals surface area contributed by atoms with Crippen LogP contribution in [0.15, 0.2) is 34.9 Å². The van der Waals surface area contributed by atoms with Crippen molar-refractivity contribution in [3.05, 3.63) is 52.5 Å². The third kappa shape index (κ3) is 4.61. The zero-order valence-corrected chi connectivity index (χ0v) is 18.9. The van der Waals surface area contributed by atoms with E-state index in [0.717, 1.165) is 11.3 Å². The van der Waals surface area contributed by atoms with Crippen molar-refractivity contribution in [3.63, 3.8) is 0 Å². The number of nitrogens with zero attached hydrogens (tertiary/aromatic N) is 4. The number of anilines is 3. The van der Waals surface area contributed by atoms with Crippen LogP contribution < -0.4 is 16.4 Å². The molecule has 1 fully saturated rings. The number of halogens is 1. The Hall–Kier alpha value is -3.84. The second-order valence-electron chi connectivity index (χ2n) is 7.45. The van der Waals surface area contributed by atoms with Crippen molar-refractivity contribution in [2.24, 2.45) is 5.73 Å². The monoisotopic (exact) mass is 488 g/mol. The summed E-state index contributed by atoms with van der Waals surface area (Å²) in [5.41, 5.74) is 11.9. The van der Waals surface area contributed by atoms with Crippen molar-refractivity contribution in [3.8, 4) is 0 Å². The van der Waals surface area contributed by atoms with Gasteiger partial charge >= 0.3 is 0 Å². The van der Waals surface area contributed by atoms with Crippen molar-refractivity contribution in [2.45, 2.75) is 13.0 Å². The minimum absolute atomic E-state index is 0.0103. The quantitative estimate of drug-likeness (QED) is 0.471. The number of thiazole rings is 1. The lowest BCUT2D eigenvalue weighted by atomic mass is 10.2. The van der Waals surface area contributed by atoms with Crippen LogP contribution in [0.2, 0.25) is 0 Å². The van der Waals surface area contributed by atoms with Gasteiger partial charge in [-0.2, -0.15) is 0 Å². The second kappa shape index (κ2) is 9.57. The summed E-state index contributed by atoms with van der Waals surface area (Å²) in [6, 6.07) is 5.73. The largest absolute Gasteiger partial charge is 0.382 e. The molecule has 3 heterocycles. The highest BCUT2D eigenvalue weighted by atomic mass is 32.1. The number of nitrogens with two attached hydrogens (primary N) is 2. The third-order valence-corrected chi connectivity index (χ3v) is 6.28. The van der Waals surface area contributed by atoms with E-state index in [0.29, 0.717) is 32.0 Å². The summed E-state index contributed by atoms with van der Waals surface area (Å²) in [6.45, 7) is 3.22. The molecule has 1 aliphatic rings. The maximum atomic E-state index is 13.4. The summed E-state index contributed by atoms with van der Waals surface area (Å²) >= 11 is 0.900. The SMILES string of the molecule is C[C@H](C(N)=O)N(c1ccc(F)cc1)c1nc(N)c(C(=O)c2cc(C(=O)N3CCOCC3)no2)s1. The minimum atomic E-state index is -0.873. The van der Waals surface area contributed by atoms with Gasteiger partial charge < -0.3 is 30.5 Å². The van der Waals surface area contributed by atoms with Crippen molar-refractivity contribution >= 4 is 45.6 Å². The second-order valence-corrected chi connectivity index (χ2v) is 8.42. The molecule has 0 unspecified atom stereocenters. The number of primary amides is 1. The molecule has 1 aromatic carbocycles. The lowest BCUT2D eigenvalue weighted by molar-refractivity contribution is -0.118. The third-order valence-electron chi connectivity index (χ3n) is 5.21. The molecule has 0 radical (unpaired) electrons. The first kappa shape index (κ1) is 23.3. The number of nitrogen functional groups attached to an aromatic ring is 1. The topological polar surface area (TPSA) is 158 Å². The fourth-order valence-electron chi connectivity index (χ4n) is 3.34. The summed E-state index contributed by atoms with van der Waals surface area (Å²) in [4.78, 5) is 44.8. The van der Waals surface area contributed by atoms with Gasteiger partial charge in [0.05, 0.1) is 13.2 Å². The van der Waals surface area contributed by atoms with Crippen molar-refractivity contribution < 1.29 is 28.0 Å². The smallest absolute Gasteiger partial charge is 0.276 e. The van der Waals surface area contributed by atoms with Gasteiger partial charge in [-0.3, -0.25) is 14.4 Å². The number of hydrogen-bond donors (Lipinski definition) is 2. The van der Waals surface area contributed by atoms with E-state index in [1.54, 1.807) is 11.8 Å². The summed E-state index contributed by atoms with van der Waals surface area (Å²) < 4.78 is 23.8. The van der Waals surface area contributed by atoms with E-state index in [1.165, 1.54) is 35.2 Å². The van der Waals surface area contributed by atoms with Gasteiger partial charge in [-0.05, 0) is 31.2 Å². The van der Waals surface area contributed by atoms with E-state index in [-0.39, 0.29) is 33.2 Å². The summed E-state index contributed by atoms with van der Waals surface area (Å²) in [7, 11) is 0. The van der Waals surface area contributed by atoms with Crippen LogP contribution in [0.3, 0.4) is 0 Å². The van der Waals surface area contributed by atoms with E-state index < -0.39 is 23.5 Å². The number of ether oxygens (including phenoxy) is 1. The number of hydrogen-bond acceptors (Lipinski definition) is 10. The lowest BCUT2D eigenvalue weighted by Crippen LogP contribution is -2.40. The first-order chi connectivity index (χ1) is 16.3. The summed E-state index contributed by atoms with van der Waals surface area (Å²) in [6.07, 6.45) is 0. The predicted octanol–water partition coefficient (Wildman–Crippen LogP) is 1.57. The van der Waals surface area contributed by atoms with Crippen LogP contribution in [0, 0.1) is 5.82 Å². The molecule has 178 valence electrons. The molecule has 4 rings (SSSR count). The molecule has 1 atom stereocenters. The predicted molar refractivity (Wildman–Crippen MR) is 120 cm³/mol. The number of benzene rings is 1. The van der Waals surface area contributed by atoms with Crippen LogP contribution in [-0.4, -0.2) is 65.0 Å². The van der Waals surface area contributed by atoms with E-state index in [4.69, 9.17) is 20.7 Å². The summed E-state index contributed by atoms with van der Waals surface area (Å²) in [5.74, 6) is -2.41. The van der Waals surface area contributed by atoms with Gasteiger partial charge in [0.1, 0.15) is 22.6 Å². The summed E-state index contributed by atoms with van der Waals surface area (Å²) in [5, 5.41) is 3.92. The maximum absolute atomic E-state index is 13.4. The number of morpholine rings is 1. The number of aromatic nitrogens is 2. The van der Waals surface area contributed by atoms with E-state index >= 15 is 0 Å². The van der Waals surface area contributed by atoms with Gasteiger partial charge in [0.25, 0.3) is 5.91 Å². The van der Waals surface area contributed by atoms with Crippen molar-refractivity contribution in [1.82, 2.24) is 15.0 Å². The maximum Gasteiger partial charge on any atom is 0.276 e. The molecular formula is C21H21FN6O5S. The molecule has 0 saturated carbocycles. The van der Waals surface area contributed by atoms with E-state index in [9.17, 15) is 18.8 Å². The lowest BCUT2D eigenvalue weighted by Gasteiger charge is -2.26. The molecule has 34 heavy (non-hydrogen) atoms. The Kier molecular flexibility index (Phi) is 6.56. The van der Waals surface area contributed by atoms with Crippen LogP contribution in [0.1, 0.15) is 32.8 Å².